The molecule has 0 aromatic heterocycles. The summed E-state index contributed by atoms with van der Waals surface area (Å²) in [6.07, 6.45) is 1.04. The van der Waals surface area contributed by atoms with E-state index in [1.165, 1.54) is 13.0 Å². The molecule has 0 spiro atoms. The van der Waals surface area contributed by atoms with Gasteiger partial charge in [0.25, 0.3) is 0 Å². The molecule has 1 atom stereocenters. The molecule has 0 saturated heterocycles. The quantitative estimate of drug-likeness (QED) is 0.642. The number of hydrogen-bond donors (Lipinski definition) is 1. The van der Waals surface area contributed by atoms with Crippen LogP contribution in [-0.4, -0.2) is 39.2 Å². The average molecular weight is 453 g/mol. The molecule has 2 aromatic rings. The molecule has 1 N–H and O–H groups in total. The number of ether oxygens (including phenoxy) is 1. The fourth-order valence-corrected chi connectivity index (χ4v) is 4.37. The normalized spacial score (nSPS) is 12.2. The molecule has 0 radical (unpaired) electrons. The van der Waals surface area contributed by atoms with Crippen LogP contribution in [0.15, 0.2) is 36.4 Å². The van der Waals surface area contributed by atoms with Crippen molar-refractivity contribution in [3.8, 4) is 0 Å². The summed E-state index contributed by atoms with van der Waals surface area (Å²) in [5.74, 6) is -0.974. The molecule has 30 heavy (non-hydrogen) atoms. The zero-order chi connectivity index (χ0) is 22.6. The van der Waals surface area contributed by atoms with Gasteiger partial charge in [0, 0.05) is 10.7 Å². The monoisotopic (exact) mass is 452 g/mol. The third-order valence-electron chi connectivity index (χ3n) is 4.49. The van der Waals surface area contributed by atoms with E-state index in [1.54, 1.807) is 51.1 Å². The number of nitrogens with one attached hydrogen (secondary N) is 1. The van der Waals surface area contributed by atoms with Crippen LogP contribution in [0.5, 0.6) is 0 Å². The van der Waals surface area contributed by atoms with Crippen molar-refractivity contribution in [1.29, 1.82) is 0 Å². The second kappa shape index (κ2) is 9.49. The van der Waals surface area contributed by atoms with Crippen molar-refractivity contribution in [3.63, 3.8) is 0 Å². The van der Waals surface area contributed by atoms with Crippen LogP contribution in [0.3, 0.4) is 0 Å². The van der Waals surface area contributed by atoms with E-state index >= 15 is 0 Å². The van der Waals surface area contributed by atoms with Crippen molar-refractivity contribution in [2.75, 3.05) is 22.5 Å². The third-order valence-corrected chi connectivity index (χ3v) is 5.96. The highest BCUT2D eigenvalue weighted by Gasteiger charge is 2.30. The minimum Gasteiger partial charge on any atom is -0.462 e. The summed E-state index contributed by atoms with van der Waals surface area (Å²) < 4.78 is 31.0. The van der Waals surface area contributed by atoms with E-state index in [2.05, 4.69) is 5.32 Å². The van der Waals surface area contributed by atoms with Gasteiger partial charge in [0.1, 0.15) is 6.04 Å². The lowest BCUT2D eigenvalue weighted by molar-refractivity contribution is -0.116. The summed E-state index contributed by atoms with van der Waals surface area (Å²) in [6, 6.07) is 8.55. The van der Waals surface area contributed by atoms with Crippen molar-refractivity contribution in [2.24, 2.45) is 0 Å². The van der Waals surface area contributed by atoms with Crippen molar-refractivity contribution in [1.82, 2.24) is 0 Å². The van der Waals surface area contributed by atoms with Crippen molar-refractivity contribution >= 4 is 44.9 Å². The Bertz CT molecular complexity index is 1070. The Morgan fingerprint density at radius 1 is 1.13 bits per heavy atom. The molecule has 1 amide bonds. The Hall–Kier alpha value is -2.58. The molecule has 2 aromatic carbocycles. The zero-order valence-electron chi connectivity index (χ0n) is 17.5. The molecule has 162 valence electrons. The van der Waals surface area contributed by atoms with E-state index in [0.717, 1.165) is 10.6 Å². The van der Waals surface area contributed by atoms with E-state index < -0.39 is 27.9 Å². The topological polar surface area (TPSA) is 92.8 Å². The molecular formula is C21H25ClN2O5S. The summed E-state index contributed by atoms with van der Waals surface area (Å²) in [5, 5.41) is 3.10. The first-order valence-electron chi connectivity index (χ1n) is 9.30. The maximum atomic E-state index is 12.9. The van der Waals surface area contributed by atoms with Crippen LogP contribution in [-0.2, 0) is 19.6 Å². The molecular weight excluding hydrogens is 428 g/mol. The van der Waals surface area contributed by atoms with E-state index in [0.29, 0.717) is 33.1 Å². The fraction of sp³-hybridized carbons (Fsp3) is 0.333. The van der Waals surface area contributed by atoms with Gasteiger partial charge in [-0.2, -0.15) is 0 Å². The lowest BCUT2D eigenvalue weighted by atomic mass is 10.1. The molecule has 0 unspecified atom stereocenters. The van der Waals surface area contributed by atoms with Gasteiger partial charge in [0.2, 0.25) is 15.9 Å². The van der Waals surface area contributed by atoms with E-state index in [4.69, 9.17) is 16.3 Å². The first kappa shape index (κ1) is 23.7. The second-order valence-corrected chi connectivity index (χ2v) is 9.20. The van der Waals surface area contributed by atoms with Gasteiger partial charge >= 0.3 is 5.97 Å². The Morgan fingerprint density at radius 3 is 2.37 bits per heavy atom. The molecule has 9 heteroatoms. The number of amides is 1. The SMILES string of the molecule is CCOC(=O)c1ccc(NC(=O)[C@@H](C)N(c2cc(Cl)ccc2C)S(C)(=O)=O)c(C)c1. The number of anilines is 2. The summed E-state index contributed by atoms with van der Waals surface area (Å²) in [6.45, 7) is 6.96. The second-order valence-electron chi connectivity index (χ2n) is 6.91. The molecule has 0 heterocycles. The van der Waals surface area contributed by atoms with Gasteiger partial charge < -0.3 is 10.1 Å². The van der Waals surface area contributed by atoms with Crippen LogP contribution in [0.4, 0.5) is 11.4 Å². The predicted octanol–water partition coefficient (Wildman–Crippen LogP) is 3.93. The molecule has 0 bridgehead atoms. The van der Waals surface area contributed by atoms with Crippen LogP contribution in [0.2, 0.25) is 5.02 Å². The molecule has 2 rings (SSSR count). The third kappa shape index (κ3) is 5.52. The maximum Gasteiger partial charge on any atom is 0.338 e. The first-order chi connectivity index (χ1) is 14.0. The van der Waals surface area contributed by atoms with Gasteiger partial charge in [0.15, 0.2) is 0 Å². The van der Waals surface area contributed by atoms with Crippen LogP contribution in [0.1, 0.15) is 35.3 Å². The van der Waals surface area contributed by atoms with Crippen molar-refractivity contribution in [3.05, 3.63) is 58.1 Å². The molecule has 0 aliphatic heterocycles. The Morgan fingerprint density at radius 2 is 1.80 bits per heavy atom. The minimum absolute atomic E-state index is 0.262. The lowest BCUT2D eigenvalue weighted by Gasteiger charge is -2.29. The first-order valence-corrected chi connectivity index (χ1v) is 11.5. The summed E-state index contributed by atoms with van der Waals surface area (Å²) in [7, 11) is -3.78. The van der Waals surface area contributed by atoms with Crippen LogP contribution in [0.25, 0.3) is 0 Å². The number of benzene rings is 2. The number of carbonyl (C=O) groups excluding carboxylic acids is 2. The van der Waals surface area contributed by atoms with Crippen LogP contribution in [0, 0.1) is 13.8 Å². The number of esters is 1. The maximum absolute atomic E-state index is 12.9. The van der Waals surface area contributed by atoms with Gasteiger partial charge in [-0.25, -0.2) is 13.2 Å². The Balaban J connectivity index is 2.32. The highest BCUT2D eigenvalue weighted by molar-refractivity contribution is 7.92. The molecule has 0 saturated carbocycles. The molecule has 0 fully saturated rings. The van der Waals surface area contributed by atoms with Gasteiger partial charge in [0.05, 0.1) is 24.1 Å². The number of sulfonamides is 1. The number of nitrogens with zero attached hydrogens (tertiary/aromatic N) is 1. The average Bonchev–Trinajstić information content (AvgIpc) is 2.65. The predicted molar refractivity (Wildman–Crippen MR) is 119 cm³/mol. The zero-order valence-corrected chi connectivity index (χ0v) is 19.1. The van der Waals surface area contributed by atoms with Gasteiger partial charge in [-0.3, -0.25) is 9.10 Å². The number of hydrogen-bond acceptors (Lipinski definition) is 5. The van der Waals surface area contributed by atoms with Crippen molar-refractivity contribution < 1.29 is 22.7 Å². The smallest absolute Gasteiger partial charge is 0.338 e. The number of carbonyl (C=O) groups is 2. The van der Waals surface area contributed by atoms with Crippen LogP contribution >= 0.6 is 11.6 Å². The van der Waals surface area contributed by atoms with E-state index in [1.807, 2.05) is 0 Å². The minimum atomic E-state index is -3.78. The van der Waals surface area contributed by atoms with Gasteiger partial charge in [-0.05, 0) is 69.2 Å². The summed E-state index contributed by atoms with van der Waals surface area (Å²) in [5.41, 5.74) is 2.48. The number of aryl methyl sites for hydroxylation is 2. The summed E-state index contributed by atoms with van der Waals surface area (Å²) in [4.78, 5) is 24.8. The number of rotatable bonds is 7. The Labute approximate surface area is 182 Å². The standard InChI is InChI=1S/C21H25ClN2O5S/c1-6-29-21(26)16-8-10-18(14(3)11-16)23-20(25)15(4)24(30(5,27)28)19-12-17(22)9-7-13(19)2/h7-12,15H,6H2,1-5H3,(H,23,25)/t15-/m1/s1. The number of halogens is 1. The van der Waals surface area contributed by atoms with Gasteiger partial charge in [-0.15, -0.1) is 0 Å². The van der Waals surface area contributed by atoms with E-state index in [9.17, 15) is 18.0 Å². The largest absolute Gasteiger partial charge is 0.462 e. The summed E-state index contributed by atoms with van der Waals surface area (Å²) >= 11 is 6.05. The molecule has 0 aliphatic rings. The lowest BCUT2D eigenvalue weighted by Crippen LogP contribution is -2.45. The van der Waals surface area contributed by atoms with Gasteiger partial charge in [-0.1, -0.05) is 17.7 Å². The Kier molecular flexibility index (Phi) is 7.49. The highest BCUT2D eigenvalue weighted by atomic mass is 35.5. The molecule has 7 nitrogen and oxygen atoms in total. The van der Waals surface area contributed by atoms with Crippen molar-refractivity contribution in [2.45, 2.75) is 33.7 Å². The van der Waals surface area contributed by atoms with Crippen LogP contribution < -0.4 is 9.62 Å². The fourth-order valence-electron chi connectivity index (χ4n) is 2.98. The van der Waals surface area contributed by atoms with E-state index in [-0.39, 0.29) is 6.61 Å². The highest BCUT2D eigenvalue weighted by Crippen LogP contribution is 2.29. The molecule has 0 aliphatic carbocycles.